The van der Waals surface area contributed by atoms with Gasteiger partial charge in [0.15, 0.2) is 0 Å². The second kappa shape index (κ2) is 4.16. The lowest BCUT2D eigenvalue weighted by molar-refractivity contribution is 0.135. The molecule has 0 aliphatic rings. The van der Waals surface area contributed by atoms with Crippen LogP contribution in [0.25, 0.3) is 0 Å². The van der Waals surface area contributed by atoms with E-state index in [-0.39, 0.29) is 13.2 Å². The minimum Gasteiger partial charge on any atom is -0.475 e. The maximum absolute atomic E-state index is 10.0. The average Bonchev–Trinajstić information content (AvgIpc) is 2.01. The molecule has 0 saturated carbocycles. The lowest BCUT2D eigenvalue weighted by atomic mass is 10.5. The topological polar surface area (TPSA) is 42.0 Å². The van der Waals surface area contributed by atoms with Gasteiger partial charge in [0, 0.05) is 6.07 Å². The summed E-state index contributed by atoms with van der Waals surface area (Å²) in [6, 6.07) is 5.02. The molecule has 4 heteroatoms. The molecule has 1 rings (SSSR count). The van der Waals surface area contributed by atoms with Crippen LogP contribution in [0.4, 0.5) is 0 Å². The smallest absolute Gasteiger partial charge is 0.214 e. The van der Waals surface area contributed by atoms with E-state index in [1.807, 2.05) is 0 Å². The lowest BCUT2D eigenvalue weighted by Crippen LogP contribution is -2.01. The van der Waals surface area contributed by atoms with Crippen LogP contribution >= 0.6 is 11.6 Å². The fourth-order valence-corrected chi connectivity index (χ4v) is 0.772. The Morgan fingerprint density at radius 1 is 1.55 bits per heavy atom. The van der Waals surface area contributed by atoms with Crippen molar-refractivity contribution in [3.63, 3.8) is 0 Å². The summed E-state index contributed by atoms with van der Waals surface area (Å²) in [6.07, 6.45) is 0. The molecule has 0 aromatic carbocycles. The molecule has 0 atom stereocenters. The van der Waals surface area contributed by atoms with Gasteiger partial charge in [0.2, 0.25) is 5.88 Å². The second-order valence-corrected chi connectivity index (χ2v) is 2.24. The van der Waals surface area contributed by atoms with Gasteiger partial charge in [-0.25, -0.2) is 10.1 Å². The van der Waals surface area contributed by atoms with Crippen LogP contribution in [0.3, 0.4) is 0 Å². The van der Waals surface area contributed by atoms with Crippen LogP contribution in [0.5, 0.6) is 5.88 Å². The van der Waals surface area contributed by atoms with Crippen molar-refractivity contribution in [2.75, 3.05) is 13.2 Å². The molecular weight excluding hydrogens is 166 g/mol. The van der Waals surface area contributed by atoms with Crippen LogP contribution in [0.2, 0.25) is 5.15 Å². The normalized spacial score (nSPS) is 9.64. The minimum absolute atomic E-state index is 0.132. The maximum atomic E-state index is 10.0. The van der Waals surface area contributed by atoms with Gasteiger partial charge in [0.1, 0.15) is 18.4 Å². The third-order valence-corrected chi connectivity index (χ3v) is 1.23. The molecule has 0 N–H and O–H groups in total. The zero-order valence-corrected chi connectivity index (χ0v) is 6.54. The molecule has 1 heterocycles. The summed E-state index contributed by atoms with van der Waals surface area (Å²) < 4.78 is 4.93. The van der Waals surface area contributed by atoms with Crippen LogP contribution < -0.4 is 4.74 Å². The number of rotatable bonds is 3. The van der Waals surface area contributed by atoms with Gasteiger partial charge in [-0.1, -0.05) is 17.7 Å². The van der Waals surface area contributed by atoms with Crippen molar-refractivity contribution >= 4 is 11.6 Å². The van der Waals surface area contributed by atoms with Gasteiger partial charge in [-0.05, 0) is 6.07 Å². The molecule has 0 aliphatic heterocycles. The first-order valence-corrected chi connectivity index (χ1v) is 3.54. The molecule has 11 heavy (non-hydrogen) atoms. The van der Waals surface area contributed by atoms with E-state index < -0.39 is 0 Å². The molecular formula is C7H7ClNO2. The summed E-state index contributed by atoms with van der Waals surface area (Å²) in [7, 11) is 0. The number of hydrogen-bond donors (Lipinski definition) is 0. The highest BCUT2D eigenvalue weighted by Gasteiger charge is 1.94. The molecule has 3 nitrogen and oxygen atoms in total. The van der Waals surface area contributed by atoms with Crippen molar-refractivity contribution in [2.45, 2.75) is 0 Å². The molecule has 0 aliphatic carbocycles. The number of hydrogen-bond acceptors (Lipinski definition) is 2. The number of aromatic nitrogens is 1. The summed E-state index contributed by atoms with van der Waals surface area (Å²) >= 11 is 5.55. The Bertz CT molecular complexity index is 229. The monoisotopic (exact) mass is 172 g/mol. The van der Waals surface area contributed by atoms with Crippen molar-refractivity contribution < 1.29 is 9.84 Å². The molecule has 0 spiro atoms. The van der Waals surface area contributed by atoms with Crippen molar-refractivity contribution in [1.82, 2.24) is 4.98 Å². The van der Waals surface area contributed by atoms with Crippen molar-refractivity contribution in [2.24, 2.45) is 0 Å². The second-order valence-electron chi connectivity index (χ2n) is 1.85. The molecule has 59 valence electrons. The Morgan fingerprint density at radius 3 is 3.00 bits per heavy atom. The highest BCUT2D eigenvalue weighted by Crippen LogP contribution is 2.10. The summed E-state index contributed by atoms with van der Waals surface area (Å²) in [5.74, 6) is 0.397. The van der Waals surface area contributed by atoms with E-state index in [2.05, 4.69) is 4.98 Å². The van der Waals surface area contributed by atoms with Crippen molar-refractivity contribution in [3.8, 4) is 5.88 Å². The Balaban J connectivity index is 2.56. The first kappa shape index (κ1) is 8.30. The van der Waals surface area contributed by atoms with Crippen LogP contribution in [0.15, 0.2) is 18.2 Å². The van der Waals surface area contributed by atoms with Gasteiger partial charge >= 0.3 is 0 Å². The summed E-state index contributed by atoms with van der Waals surface area (Å²) in [4.78, 5) is 3.82. The Labute approximate surface area is 69.6 Å². The highest BCUT2D eigenvalue weighted by molar-refractivity contribution is 6.29. The molecule has 0 saturated heterocycles. The van der Waals surface area contributed by atoms with Gasteiger partial charge in [0.05, 0.1) is 0 Å². The first-order valence-electron chi connectivity index (χ1n) is 3.16. The molecule has 1 radical (unpaired) electrons. The average molecular weight is 173 g/mol. The van der Waals surface area contributed by atoms with Gasteiger partial charge in [-0.3, -0.25) is 0 Å². The molecule has 0 bridgehead atoms. The van der Waals surface area contributed by atoms with Gasteiger partial charge in [-0.15, -0.1) is 0 Å². The van der Waals surface area contributed by atoms with Gasteiger partial charge < -0.3 is 4.74 Å². The van der Waals surface area contributed by atoms with Crippen LogP contribution in [0.1, 0.15) is 0 Å². The van der Waals surface area contributed by atoms with Crippen molar-refractivity contribution in [1.29, 1.82) is 0 Å². The lowest BCUT2D eigenvalue weighted by Gasteiger charge is -2.00. The van der Waals surface area contributed by atoms with E-state index in [4.69, 9.17) is 16.3 Å². The van der Waals surface area contributed by atoms with Crippen LogP contribution in [-0.2, 0) is 5.11 Å². The van der Waals surface area contributed by atoms with Gasteiger partial charge in [0.25, 0.3) is 0 Å². The molecule has 0 unspecified atom stereocenters. The minimum atomic E-state index is -0.270. The molecule has 1 aromatic rings. The van der Waals surface area contributed by atoms with E-state index in [9.17, 15) is 5.11 Å². The Kier molecular flexibility index (Phi) is 3.14. The van der Waals surface area contributed by atoms with Crippen molar-refractivity contribution in [3.05, 3.63) is 23.4 Å². The molecule has 0 fully saturated rings. The Hall–Kier alpha value is -0.800. The predicted octanol–water partition coefficient (Wildman–Crippen LogP) is 1.54. The van der Waals surface area contributed by atoms with E-state index in [0.717, 1.165) is 0 Å². The Morgan fingerprint density at radius 2 is 2.36 bits per heavy atom. The van der Waals surface area contributed by atoms with E-state index in [1.54, 1.807) is 18.2 Å². The molecule has 1 aromatic heterocycles. The van der Waals surface area contributed by atoms with Crippen LogP contribution in [-0.4, -0.2) is 18.2 Å². The summed E-state index contributed by atoms with van der Waals surface area (Å²) in [5.41, 5.74) is 0. The van der Waals surface area contributed by atoms with Gasteiger partial charge in [-0.2, -0.15) is 0 Å². The number of ether oxygens (including phenoxy) is 1. The third kappa shape index (κ3) is 2.74. The SMILES string of the molecule is [O]CCOc1cccc(Cl)n1. The summed E-state index contributed by atoms with van der Waals surface area (Å²) in [5, 5.41) is 10.4. The quantitative estimate of drug-likeness (QED) is 0.650. The number of nitrogens with zero attached hydrogens (tertiary/aromatic N) is 1. The first-order chi connectivity index (χ1) is 5.33. The highest BCUT2D eigenvalue weighted by atomic mass is 35.5. The summed E-state index contributed by atoms with van der Waals surface area (Å²) in [6.45, 7) is -0.137. The van der Waals surface area contributed by atoms with E-state index >= 15 is 0 Å². The largest absolute Gasteiger partial charge is 0.475 e. The predicted molar refractivity (Wildman–Crippen MR) is 40.3 cm³/mol. The van der Waals surface area contributed by atoms with E-state index in [0.29, 0.717) is 11.0 Å². The van der Waals surface area contributed by atoms with Crippen LogP contribution in [0, 0.1) is 0 Å². The standard InChI is InChI=1S/C7H7ClNO2/c8-6-2-1-3-7(9-6)11-5-4-10/h1-3H,4-5H2. The zero-order valence-electron chi connectivity index (χ0n) is 5.79. The number of pyridine rings is 1. The van der Waals surface area contributed by atoms with E-state index in [1.165, 1.54) is 0 Å². The third-order valence-electron chi connectivity index (χ3n) is 1.02. The molecule has 0 amide bonds. The zero-order chi connectivity index (χ0) is 8.10. The fraction of sp³-hybridized carbons (Fsp3) is 0.286. The fourth-order valence-electron chi connectivity index (χ4n) is 0.616. The maximum Gasteiger partial charge on any atom is 0.214 e. The number of halogens is 1.